The molecule has 0 atom stereocenters. The standard InChI is InChI=1S/C15H16ClN3O2/c16-12-7-3-6-11(8-12)14-18-13(21-19-14)9-17-15(20)10-4-1-2-5-10/h3,6-8,10H,1-2,4-5,9H2,(H,17,20). The lowest BCUT2D eigenvalue weighted by atomic mass is 10.1. The van der Waals surface area contributed by atoms with Gasteiger partial charge in [-0.2, -0.15) is 4.98 Å². The highest BCUT2D eigenvalue weighted by Gasteiger charge is 2.22. The second-order valence-electron chi connectivity index (χ2n) is 5.22. The second-order valence-corrected chi connectivity index (χ2v) is 5.66. The van der Waals surface area contributed by atoms with Crippen molar-refractivity contribution in [3.63, 3.8) is 0 Å². The number of nitrogens with zero attached hydrogens (tertiary/aromatic N) is 2. The smallest absolute Gasteiger partial charge is 0.246 e. The number of hydrogen-bond donors (Lipinski definition) is 1. The molecule has 1 fully saturated rings. The van der Waals surface area contributed by atoms with Gasteiger partial charge in [0, 0.05) is 16.5 Å². The van der Waals surface area contributed by atoms with Gasteiger partial charge < -0.3 is 9.84 Å². The first kappa shape index (κ1) is 14.1. The van der Waals surface area contributed by atoms with Crippen molar-refractivity contribution in [2.75, 3.05) is 0 Å². The Bertz CT molecular complexity index is 635. The lowest BCUT2D eigenvalue weighted by Crippen LogP contribution is -2.28. The first-order chi connectivity index (χ1) is 10.2. The Morgan fingerprint density at radius 2 is 2.19 bits per heavy atom. The van der Waals surface area contributed by atoms with Crippen molar-refractivity contribution in [2.24, 2.45) is 5.92 Å². The summed E-state index contributed by atoms with van der Waals surface area (Å²) in [4.78, 5) is 16.2. The quantitative estimate of drug-likeness (QED) is 0.942. The van der Waals surface area contributed by atoms with E-state index >= 15 is 0 Å². The van der Waals surface area contributed by atoms with Gasteiger partial charge in [0.2, 0.25) is 17.6 Å². The zero-order chi connectivity index (χ0) is 14.7. The summed E-state index contributed by atoms with van der Waals surface area (Å²) in [7, 11) is 0. The molecular weight excluding hydrogens is 290 g/mol. The van der Waals surface area contributed by atoms with Crippen LogP contribution in [0.25, 0.3) is 11.4 Å². The third-order valence-corrected chi connectivity index (χ3v) is 3.93. The molecule has 1 saturated carbocycles. The van der Waals surface area contributed by atoms with Crippen molar-refractivity contribution in [1.82, 2.24) is 15.5 Å². The molecule has 1 aliphatic rings. The lowest BCUT2D eigenvalue weighted by Gasteiger charge is -2.07. The number of benzene rings is 1. The number of halogens is 1. The van der Waals surface area contributed by atoms with Crippen molar-refractivity contribution >= 4 is 17.5 Å². The molecule has 0 aliphatic heterocycles. The average molecular weight is 306 g/mol. The normalized spacial score (nSPS) is 15.3. The zero-order valence-electron chi connectivity index (χ0n) is 11.5. The first-order valence-electron chi connectivity index (χ1n) is 7.08. The van der Waals surface area contributed by atoms with E-state index in [0.29, 0.717) is 16.7 Å². The van der Waals surface area contributed by atoms with Crippen LogP contribution in [-0.4, -0.2) is 16.0 Å². The van der Waals surface area contributed by atoms with Gasteiger partial charge >= 0.3 is 0 Å². The van der Waals surface area contributed by atoms with E-state index in [4.69, 9.17) is 16.1 Å². The highest BCUT2D eigenvalue weighted by atomic mass is 35.5. The summed E-state index contributed by atoms with van der Waals surface area (Å²) in [5.41, 5.74) is 0.791. The zero-order valence-corrected chi connectivity index (χ0v) is 12.3. The SMILES string of the molecule is O=C(NCc1nc(-c2cccc(Cl)c2)no1)C1CCCC1. The van der Waals surface area contributed by atoms with Gasteiger partial charge in [0.05, 0.1) is 6.54 Å². The van der Waals surface area contributed by atoms with Crippen LogP contribution in [0.1, 0.15) is 31.6 Å². The molecule has 0 radical (unpaired) electrons. The van der Waals surface area contributed by atoms with Crippen LogP contribution in [-0.2, 0) is 11.3 Å². The summed E-state index contributed by atoms with van der Waals surface area (Å²) in [6, 6.07) is 7.24. The largest absolute Gasteiger partial charge is 0.347 e. The van der Waals surface area contributed by atoms with E-state index in [1.54, 1.807) is 12.1 Å². The van der Waals surface area contributed by atoms with Gasteiger partial charge in [-0.25, -0.2) is 0 Å². The van der Waals surface area contributed by atoms with Gasteiger partial charge in [0.25, 0.3) is 0 Å². The van der Waals surface area contributed by atoms with Crippen LogP contribution in [0.4, 0.5) is 0 Å². The summed E-state index contributed by atoms with van der Waals surface area (Å²) < 4.78 is 5.15. The molecule has 5 nitrogen and oxygen atoms in total. The molecule has 21 heavy (non-hydrogen) atoms. The molecule has 0 unspecified atom stereocenters. The van der Waals surface area contributed by atoms with Crippen LogP contribution >= 0.6 is 11.6 Å². The van der Waals surface area contributed by atoms with Crippen LogP contribution in [0.5, 0.6) is 0 Å². The van der Waals surface area contributed by atoms with E-state index in [2.05, 4.69) is 15.5 Å². The Labute approximate surface area is 127 Å². The Morgan fingerprint density at radius 1 is 1.38 bits per heavy atom. The molecule has 1 N–H and O–H groups in total. The number of amides is 1. The molecule has 0 spiro atoms. The predicted octanol–water partition coefficient (Wildman–Crippen LogP) is 3.20. The highest BCUT2D eigenvalue weighted by molar-refractivity contribution is 6.30. The molecule has 1 aromatic carbocycles. The molecule has 2 aromatic rings. The third-order valence-electron chi connectivity index (χ3n) is 3.69. The minimum absolute atomic E-state index is 0.0787. The maximum atomic E-state index is 11.9. The van der Waals surface area contributed by atoms with Crippen molar-refractivity contribution in [1.29, 1.82) is 0 Å². The fourth-order valence-electron chi connectivity index (χ4n) is 2.57. The van der Waals surface area contributed by atoms with E-state index in [1.807, 2.05) is 12.1 Å². The van der Waals surface area contributed by atoms with Crippen LogP contribution in [0, 0.1) is 5.92 Å². The predicted molar refractivity (Wildman–Crippen MR) is 78.5 cm³/mol. The number of hydrogen-bond acceptors (Lipinski definition) is 4. The van der Waals surface area contributed by atoms with Crippen molar-refractivity contribution in [3.8, 4) is 11.4 Å². The number of carbonyl (C=O) groups is 1. The fourth-order valence-corrected chi connectivity index (χ4v) is 2.76. The molecule has 6 heteroatoms. The average Bonchev–Trinajstić information content (AvgIpc) is 3.16. The molecule has 1 heterocycles. The van der Waals surface area contributed by atoms with Gasteiger partial charge in [-0.15, -0.1) is 0 Å². The number of nitrogens with one attached hydrogen (secondary N) is 1. The first-order valence-corrected chi connectivity index (χ1v) is 7.46. The minimum atomic E-state index is 0.0787. The van der Waals surface area contributed by atoms with E-state index in [9.17, 15) is 4.79 Å². The Balaban J connectivity index is 1.61. The molecular formula is C15H16ClN3O2. The Morgan fingerprint density at radius 3 is 2.95 bits per heavy atom. The number of rotatable bonds is 4. The maximum absolute atomic E-state index is 11.9. The van der Waals surface area contributed by atoms with Gasteiger partial charge in [-0.1, -0.05) is 41.7 Å². The molecule has 3 rings (SSSR count). The fraction of sp³-hybridized carbons (Fsp3) is 0.400. The third kappa shape index (κ3) is 3.42. The summed E-state index contributed by atoms with van der Waals surface area (Å²) in [6.07, 6.45) is 4.22. The van der Waals surface area contributed by atoms with Gasteiger partial charge in [0.15, 0.2) is 0 Å². The minimum Gasteiger partial charge on any atom is -0.347 e. The van der Waals surface area contributed by atoms with Crippen LogP contribution < -0.4 is 5.32 Å². The van der Waals surface area contributed by atoms with Crippen LogP contribution in [0.3, 0.4) is 0 Å². The molecule has 0 saturated heterocycles. The van der Waals surface area contributed by atoms with Crippen LogP contribution in [0.2, 0.25) is 5.02 Å². The molecule has 0 bridgehead atoms. The van der Waals surface area contributed by atoms with Crippen molar-refractivity contribution in [3.05, 3.63) is 35.2 Å². The van der Waals surface area contributed by atoms with Crippen molar-refractivity contribution in [2.45, 2.75) is 32.2 Å². The Kier molecular flexibility index (Phi) is 4.20. The number of carbonyl (C=O) groups excluding carboxylic acids is 1. The molecule has 1 aromatic heterocycles. The van der Waals surface area contributed by atoms with Gasteiger partial charge in [-0.3, -0.25) is 4.79 Å². The summed E-state index contributed by atoms with van der Waals surface area (Å²) in [5.74, 6) is 1.09. The Hall–Kier alpha value is -1.88. The maximum Gasteiger partial charge on any atom is 0.246 e. The van der Waals surface area contributed by atoms with E-state index in [0.717, 1.165) is 31.2 Å². The van der Waals surface area contributed by atoms with Crippen LogP contribution in [0.15, 0.2) is 28.8 Å². The van der Waals surface area contributed by atoms with E-state index < -0.39 is 0 Å². The second kappa shape index (κ2) is 6.26. The molecule has 1 aliphatic carbocycles. The topological polar surface area (TPSA) is 68.0 Å². The van der Waals surface area contributed by atoms with Gasteiger partial charge in [0.1, 0.15) is 0 Å². The lowest BCUT2D eigenvalue weighted by molar-refractivity contribution is -0.125. The monoisotopic (exact) mass is 305 g/mol. The van der Waals surface area contributed by atoms with Gasteiger partial charge in [-0.05, 0) is 25.0 Å². The number of aromatic nitrogens is 2. The summed E-state index contributed by atoms with van der Waals surface area (Å²) in [6.45, 7) is 0.267. The highest BCUT2D eigenvalue weighted by Crippen LogP contribution is 2.24. The van der Waals surface area contributed by atoms with Crippen molar-refractivity contribution < 1.29 is 9.32 Å². The van der Waals surface area contributed by atoms with E-state index in [1.165, 1.54) is 0 Å². The summed E-state index contributed by atoms with van der Waals surface area (Å²) in [5, 5.41) is 7.38. The summed E-state index contributed by atoms with van der Waals surface area (Å²) >= 11 is 5.93. The van der Waals surface area contributed by atoms with E-state index in [-0.39, 0.29) is 18.4 Å². The molecule has 110 valence electrons. The molecule has 1 amide bonds.